The van der Waals surface area contributed by atoms with E-state index in [-0.39, 0.29) is 0 Å². The van der Waals surface area contributed by atoms with Crippen molar-refractivity contribution in [1.82, 2.24) is 0 Å². The van der Waals surface area contributed by atoms with E-state index in [0.717, 1.165) is 11.1 Å². The minimum Gasteiger partial charge on any atom is -0.423 e. The Hall–Kier alpha value is -3.14. The predicted octanol–water partition coefficient (Wildman–Crippen LogP) is 5.34. The summed E-state index contributed by atoms with van der Waals surface area (Å²) < 4.78 is 10.3. The Labute approximate surface area is 154 Å². The van der Waals surface area contributed by atoms with Gasteiger partial charge in [-0.3, -0.25) is 0 Å². The highest BCUT2D eigenvalue weighted by atomic mass is 16.5. The van der Waals surface area contributed by atoms with Crippen LogP contribution in [-0.4, -0.2) is 11.9 Å². The second kappa shape index (κ2) is 9.99. The summed E-state index contributed by atoms with van der Waals surface area (Å²) in [7, 11) is 0. The van der Waals surface area contributed by atoms with E-state index in [1.807, 2.05) is 38.1 Å². The van der Waals surface area contributed by atoms with Gasteiger partial charge in [0.2, 0.25) is 0 Å². The van der Waals surface area contributed by atoms with Crippen LogP contribution in [0.3, 0.4) is 0 Å². The van der Waals surface area contributed by atoms with E-state index in [2.05, 4.69) is 13.2 Å². The summed E-state index contributed by atoms with van der Waals surface area (Å²) in [5, 5.41) is 0. The van der Waals surface area contributed by atoms with Crippen LogP contribution in [0.5, 0.6) is 11.5 Å². The molecule has 0 aromatic heterocycles. The van der Waals surface area contributed by atoms with Gasteiger partial charge in [-0.15, -0.1) is 0 Å². The summed E-state index contributed by atoms with van der Waals surface area (Å²) in [4.78, 5) is 22.9. The molecule has 0 aliphatic carbocycles. The third-order valence-electron chi connectivity index (χ3n) is 3.16. The molecule has 4 heteroatoms. The van der Waals surface area contributed by atoms with Crippen LogP contribution in [-0.2, 0) is 9.59 Å². The zero-order chi connectivity index (χ0) is 19.7. The lowest BCUT2D eigenvalue weighted by atomic mass is 10.1. The van der Waals surface area contributed by atoms with Gasteiger partial charge in [0.25, 0.3) is 0 Å². The minimum absolute atomic E-state index is 0.346. The Balaban J connectivity index is 0.00000163. The number of hydrogen-bond acceptors (Lipinski definition) is 4. The Morgan fingerprint density at radius 2 is 0.923 bits per heavy atom. The normalized spacial score (nSPS) is 9.38. The molecule has 2 aromatic carbocycles. The molecular weight excluding hydrogens is 328 g/mol. The number of carbonyl (C=O) groups excluding carboxylic acids is 2. The van der Waals surface area contributed by atoms with Gasteiger partial charge in [-0.25, -0.2) is 9.59 Å². The van der Waals surface area contributed by atoms with E-state index in [1.165, 1.54) is 0 Å². The highest BCUT2D eigenvalue weighted by molar-refractivity contribution is 5.89. The first-order valence-corrected chi connectivity index (χ1v) is 8.32. The lowest BCUT2D eigenvalue weighted by molar-refractivity contribution is -0.130. The predicted molar refractivity (Wildman–Crippen MR) is 104 cm³/mol. The minimum atomic E-state index is -0.452. The molecule has 0 heterocycles. The molecule has 0 saturated heterocycles. The maximum absolute atomic E-state index is 11.5. The van der Waals surface area contributed by atoms with Crippen molar-refractivity contribution in [3.05, 3.63) is 72.8 Å². The monoisotopic (exact) mass is 352 g/mol. The molecule has 0 fully saturated rings. The Bertz CT molecular complexity index is 714. The van der Waals surface area contributed by atoms with Crippen molar-refractivity contribution in [1.29, 1.82) is 0 Å². The number of hydrogen-bond donors (Lipinski definition) is 0. The first-order chi connectivity index (χ1) is 12.4. The fraction of sp³-hybridized carbons (Fsp3) is 0.182. The van der Waals surface area contributed by atoms with Gasteiger partial charge in [-0.05, 0) is 49.2 Å². The van der Waals surface area contributed by atoms with E-state index in [4.69, 9.17) is 9.47 Å². The van der Waals surface area contributed by atoms with Gasteiger partial charge < -0.3 is 9.47 Å². The lowest BCUT2D eigenvalue weighted by Crippen LogP contribution is -2.08. The molecule has 0 unspecified atom stereocenters. The molecule has 136 valence electrons. The Morgan fingerprint density at radius 1 is 0.654 bits per heavy atom. The summed E-state index contributed by atoms with van der Waals surface area (Å²) >= 11 is 0. The smallest absolute Gasteiger partial charge is 0.338 e. The number of rotatable bonds is 5. The highest BCUT2D eigenvalue weighted by Crippen LogP contribution is 2.25. The van der Waals surface area contributed by atoms with Gasteiger partial charge in [0.05, 0.1) is 0 Å². The van der Waals surface area contributed by atoms with Crippen molar-refractivity contribution in [2.45, 2.75) is 27.7 Å². The van der Waals surface area contributed by atoms with Crippen LogP contribution in [0, 0.1) is 0 Å². The molecule has 0 saturated carbocycles. The van der Waals surface area contributed by atoms with E-state index in [9.17, 15) is 9.59 Å². The molecule has 0 N–H and O–H groups in total. The van der Waals surface area contributed by atoms with E-state index in [1.54, 1.807) is 38.1 Å². The Morgan fingerprint density at radius 3 is 1.15 bits per heavy atom. The second-order valence-corrected chi connectivity index (χ2v) is 5.39. The molecule has 0 amide bonds. The molecule has 2 aromatic rings. The molecule has 4 nitrogen and oxygen atoms in total. The molecule has 0 spiro atoms. The van der Waals surface area contributed by atoms with E-state index >= 15 is 0 Å². The largest absolute Gasteiger partial charge is 0.423 e. The number of carbonyl (C=O) groups is 2. The van der Waals surface area contributed by atoms with Gasteiger partial charge >= 0.3 is 11.9 Å². The molecule has 0 radical (unpaired) electrons. The van der Waals surface area contributed by atoms with Crippen LogP contribution in [0.15, 0.2) is 72.8 Å². The maximum atomic E-state index is 11.5. The summed E-state index contributed by atoms with van der Waals surface area (Å²) in [6.07, 6.45) is 0. The molecule has 0 atom stereocenters. The fourth-order valence-electron chi connectivity index (χ4n) is 1.82. The van der Waals surface area contributed by atoms with Crippen molar-refractivity contribution >= 4 is 11.9 Å². The zero-order valence-electron chi connectivity index (χ0n) is 15.7. The topological polar surface area (TPSA) is 52.6 Å². The Kier molecular flexibility index (Phi) is 8.03. The molecule has 26 heavy (non-hydrogen) atoms. The quantitative estimate of drug-likeness (QED) is 0.414. The third kappa shape index (κ3) is 6.06. The number of ether oxygens (including phenoxy) is 2. The highest BCUT2D eigenvalue weighted by Gasteiger charge is 2.07. The molecular formula is C22H24O4. The average molecular weight is 352 g/mol. The van der Waals surface area contributed by atoms with Crippen molar-refractivity contribution in [2.24, 2.45) is 0 Å². The molecule has 0 aliphatic heterocycles. The first-order valence-electron chi connectivity index (χ1n) is 8.32. The third-order valence-corrected chi connectivity index (χ3v) is 3.16. The average Bonchev–Trinajstić information content (AvgIpc) is 2.64. The van der Waals surface area contributed by atoms with Crippen LogP contribution in [0.25, 0.3) is 11.1 Å². The van der Waals surface area contributed by atoms with Crippen molar-refractivity contribution < 1.29 is 19.1 Å². The number of benzene rings is 2. The van der Waals surface area contributed by atoms with Crippen LogP contribution < -0.4 is 9.47 Å². The van der Waals surface area contributed by atoms with Crippen molar-refractivity contribution in [2.75, 3.05) is 0 Å². The number of esters is 2. The van der Waals surface area contributed by atoms with E-state index in [0.29, 0.717) is 22.6 Å². The standard InChI is InChI=1S/C20H18O4.C2H6/c1-13(2)19(21)23-17-9-5-15(6-10-17)16-7-11-18(12-8-16)24-20(22)14(3)4;1-2/h5-12H,1,3H2,2,4H3;1-2H3. The second-order valence-electron chi connectivity index (χ2n) is 5.39. The van der Waals surface area contributed by atoms with Gasteiger partial charge in [-0.1, -0.05) is 51.3 Å². The molecule has 2 rings (SSSR count). The van der Waals surface area contributed by atoms with Crippen molar-refractivity contribution in [3.63, 3.8) is 0 Å². The van der Waals surface area contributed by atoms with Crippen LogP contribution in [0.4, 0.5) is 0 Å². The van der Waals surface area contributed by atoms with Gasteiger partial charge in [0.1, 0.15) is 11.5 Å². The van der Waals surface area contributed by atoms with E-state index < -0.39 is 11.9 Å². The molecule has 0 aliphatic rings. The summed E-state index contributed by atoms with van der Waals surface area (Å²) in [5.41, 5.74) is 2.59. The maximum Gasteiger partial charge on any atom is 0.338 e. The SMILES string of the molecule is C=C(C)C(=O)Oc1ccc(-c2ccc(OC(=O)C(=C)C)cc2)cc1.CC. The van der Waals surface area contributed by atoms with Gasteiger partial charge in [0.15, 0.2) is 0 Å². The first kappa shape index (κ1) is 20.9. The fourth-order valence-corrected chi connectivity index (χ4v) is 1.82. The molecule has 0 bridgehead atoms. The summed E-state index contributed by atoms with van der Waals surface area (Å²) in [6.45, 7) is 14.3. The summed E-state index contributed by atoms with van der Waals surface area (Å²) in [5.74, 6) is 0.00961. The van der Waals surface area contributed by atoms with Crippen molar-refractivity contribution in [3.8, 4) is 22.6 Å². The van der Waals surface area contributed by atoms with Gasteiger partial charge in [-0.2, -0.15) is 0 Å². The van der Waals surface area contributed by atoms with Crippen LogP contribution >= 0.6 is 0 Å². The van der Waals surface area contributed by atoms with Crippen LogP contribution in [0.2, 0.25) is 0 Å². The summed E-state index contributed by atoms with van der Waals surface area (Å²) in [6, 6.07) is 14.2. The zero-order valence-corrected chi connectivity index (χ0v) is 15.7. The lowest BCUT2D eigenvalue weighted by Gasteiger charge is -2.07. The van der Waals surface area contributed by atoms with Gasteiger partial charge in [0, 0.05) is 11.1 Å². The van der Waals surface area contributed by atoms with Crippen LogP contribution in [0.1, 0.15) is 27.7 Å².